The second kappa shape index (κ2) is 6.37. The lowest BCUT2D eigenvalue weighted by Crippen LogP contribution is -2.38. The zero-order valence-electron chi connectivity index (χ0n) is 12.0. The van der Waals surface area contributed by atoms with Gasteiger partial charge in [0.05, 0.1) is 6.54 Å². The number of carbonyl (C=O) groups excluding carboxylic acids is 1. The Morgan fingerprint density at radius 1 is 1.26 bits per heavy atom. The van der Waals surface area contributed by atoms with Crippen LogP contribution in [0.25, 0.3) is 0 Å². The maximum absolute atomic E-state index is 12.5. The van der Waals surface area contributed by atoms with Crippen molar-refractivity contribution >= 4 is 27.7 Å². The highest BCUT2D eigenvalue weighted by atomic mass is 79.9. The molecule has 23 heavy (non-hydrogen) atoms. The Bertz CT molecular complexity index is 744. The van der Waals surface area contributed by atoms with Gasteiger partial charge in [-0.25, -0.2) is 0 Å². The number of nitrogens with zero attached hydrogens (tertiary/aromatic N) is 4. The lowest BCUT2D eigenvalue weighted by atomic mass is 10.2. The van der Waals surface area contributed by atoms with Crippen molar-refractivity contribution in [2.24, 2.45) is 0 Å². The van der Waals surface area contributed by atoms with Gasteiger partial charge in [0.1, 0.15) is 12.8 Å². The smallest absolute Gasteiger partial charge is 0.414 e. The van der Waals surface area contributed by atoms with Crippen LogP contribution >= 0.6 is 15.9 Å². The van der Waals surface area contributed by atoms with Crippen molar-refractivity contribution in [3.63, 3.8) is 0 Å². The van der Waals surface area contributed by atoms with Crippen LogP contribution in [0.2, 0.25) is 0 Å². The van der Waals surface area contributed by atoms with Crippen LogP contribution in [0.4, 0.5) is 5.82 Å². The van der Waals surface area contributed by atoms with E-state index in [0.717, 1.165) is 4.47 Å². The summed E-state index contributed by atoms with van der Waals surface area (Å²) in [7, 11) is 0. The third kappa shape index (κ3) is 3.34. The Labute approximate surface area is 140 Å². The molecular formula is C14H13BrN4O4. The molecule has 0 atom stereocenters. The molecule has 0 unspecified atom stereocenters. The molecule has 1 aromatic heterocycles. The number of carbonyl (C=O) groups is 1. The van der Waals surface area contributed by atoms with E-state index in [1.807, 2.05) is 12.1 Å². The number of hydrogen-bond acceptors (Lipinski definition) is 5. The fourth-order valence-electron chi connectivity index (χ4n) is 2.31. The van der Waals surface area contributed by atoms with Crippen LogP contribution < -0.4 is 4.74 Å². The number of rotatable bonds is 2. The van der Waals surface area contributed by atoms with Gasteiger partial charge < -0.3 is 19.8 Å². The predicted octanol–water partition coefficient (Wildman–Crippen LogP) is 2.09. The van der Waals surface area contributed by atoms with E-state index in [1.54, 1.807) is 21.6 Å². The van der Waals surface area contributed by atoms with Crippen molar-refractivity contribution in [3.8, 4) is 6.01 Å². The number of nitro groups is 1. The summed E-state index contributed by atoms with van der Waals surface area (Å²) in [6.45, 7) is 1.45. The molecule has 120 valence electrons. The number of halogens is 1. The first kappa shape index (κ1) is 15.5. The normalized spacial score (nSPS) is 14.4. The molecule has 1 amide bonds. The molecule has 8 nitrogen and oxygen atoms in total. The molecule has 1 aliphatic rings. The number of imidazole rings is 1. The van der Waals surface area contributed by atoms with Crippen molar-refractivity contribution in [1.29, 1.82) is 0 Å². The quantitative estimate of drug-likeness (QED) is 0.587. The predicted molar refractivity (Wildman–Crippen MR) is 84.4 cm³/mol. The Morgan fingerprint density at radius 2 is 2.00 bits per heavy atom. The molecule has 2 aromatic rings. The SMILES string of the molecule is O=C(c1ccc(Br)cc1)N1CCOc2nc([N+](=O)[O-])cn2CC1. The van der Waals surface area contributed by atoms with Gasteiger partial charge in [0, 0.05) is 28.1 Å². The van der Waals surface area contributed by atoms with Crippen LogP contribution in [0.1, 0.15) is 10.4 Å². The Morgan fingerprint density at radius 3 is 2.70 bits per heavy atom. The van der Waals surface area contributed by atoms with E-state index in [0.29, 0.717) is 25.2 Å². The fraction of sp³-hybridized carbons (Fsp3) is 0.286. The number of fused-ring (bicyclic) bond motifs is 1. The molecule has 0 aliphatic carbocycles. The van der Waals surface area contributed by atoms with Crippen LogP contribution in [-0.2, 0) is 6.54 Å². The summed E-state index contributed by atoms with van der Waals surface area (Å²) in [5, 5.41) is 10.8. The molecule has 1 aromatic carbocycles. The van der Waals surface area contributed by atoms with Gasteiger partial charge in [-0.2, -0.15) is 0 Å². The minimum absolute atomic E-state index is 0.0980. The van der Waals surface area contributed by atoms with Gasteiger partial charge in [-0.1, -0.05) is 15.9 Å². The minimum Gasteiger partial charge on any atom is -0.444 e. The number of ether oxygens (including phenoxy) is 1. The highest BCUT2D eigenvalue weighted by Gasteiger charge is 2.24. The van der Waals surface area contributed by atoms with E-state index >= 15 is 0 Å². The third-order valence-corrected chi connectivity index (χ3v) is 4.02. The molecular weight excluding hydrogens is 368 g/mol. The van der Waals surface area contributed by atoms with Crippen molar-refractivity contribution in [3.05, 3.63) is 50.6 Å². The van der Waals surface area contributed by atoms with Crippen molar-refractivity contribution in [2.75, 3.05) is 19.7 Å². The highest BCUT2D eigenvalue weighted by molar-refractivity contribution is 9.10. The summed E-state index contributed by atoms with van der Waals surface area (Å²) < 4.78 is 7.90. The molecule has 0 saturated carbocycles. The van der Waals surface area contributed by atoms with Crippen molar-refractivity contribution < 1.29 is 14.5 Å². The van der Waals surface area contributed by atoms with Crippen molar-refractivity contribution in [1.82, 2.24) is 14.5 Å². The second-order valence-corrected chi connectivity index (χ2v) is 5.90. The standard InChI is InChI=1S/C14H13BrN4O4/c15-11-3-1-10(2-4-11)13(20)17-5-6-18-9-12(19(21)22)16-14(18)23-8-7-17/h1-4,9H,5-8H2. The van der Waals surface area contributed by atoms with Crippen LogP contribution in [-0.4, -0.2) is 45.0 Å². The average molecular weight is 381 g/mol. The maximum atomic E-state index is 12.5. The molecule has 0 spiro atoms. The molecule has 2 heterocycles. The van der Waals surface area contributed by atoms with E-state index in [-0.39, 0.29) is 24.3 Å². The lowest BCUT2D eigenvalue weighted by Gasteiger charge is -2.24. The summed E-state index contributed by atoms with van der Waals surface area (Å²) in [5.41, 5.74) is 0.589. The van der Waals surface area contributed by atoms with Gasteiger partial charge in [-0.05, 0) is 29.2 Å². The Balaban J connectivity index is 1.75. The summed E-state index contributed by atoms with van der Waals surface area (Å²) in [5.74, 6) is -0.355. The first-order chi connectivity index (χ1) is 11.0. The largest absolute Gasteiger partial charge is 0.444 e. The van der Waals surface area contributed by atoms with Crippen LogP contribution in [0.3, 0.4) is 0 Å². The molecule has 9 heteroatoms. The van der Waals surface area contributed by atoms with Gasteiger partial charge >= 0.3 is 11.8 Å². The maximum Gasteiger partial charge on any atom is 0.414 e. The van der Waals surface area contributed by atoms with Crippen LogP contribution in [0.15, 0.2) is 34.9 Å². The Kier molecular flexibility index (Phi) is 4.28. The molecule has 3 rings (SSSR count). The van der Waals surface area contributed by atoms with E-state index in [4.69, 9.17) is 4.74 Å². The molecule has 0 fully saturated rings. The summed E-state index contributed by atoms with van der Waals surface area (Å²) in [6, 6.07) is 7.34. The van der Waals surface area contributed by atoms with E-state index in [2.05, 4.69) is 20.9 Å². The highest BCUT2D eigenvalue weighted by Crippen LogP contribution is 2.19. The molecule has 0 saturated heterocycles. The lowest BCUT2D eigenvalue weighted by molar-refractivity contribution is -0.389. The monoisotopic (exact) mass is 380 g/mol. The number of benzene rings is 1. The topological polar surface area (TPSA) is 90.5 Å². The van der Waals surface area contributed by atoms with Gasteiger partial charge in [0.15, 0.2) is 0 Å². The second-order valence-electron chi connectivity index (χ2n) is 4.98. The van der Waals surface area contributed by atoms with Gasteiger partial charge in [0.2, 0.25) is 0 Å². The van der Waals surface area contributed by atoms with Crippen LogP contribution in [0.5, 0.6) is 6.01 Å². The van der Waals surface area contributed by atoms with Gasteiger partial charge in [0.25, 0.3) is 5.91 Å². The summed E-state index contributed by atoms with van der Waals surface area (Å²) in [4.78, 5) is 28.2. The zero-order chi connectivity index (χ0) is 16.4. The molecule has 0 radical (unpaired) electrons. The minimum atomic E-state index is -0.563. The number of aromatic nitrogens is 2. The van der Waals surface area contributed by atoms with Crippen molar-refractivity contribution in [2.45, 2.75) is 6.54 Å². The van der Waals surface area contributed by atoms with E-state index in [1.165, 1.54) is 6.20 Å². The first-order valence-electron chi connectivity index (χ1n) is 6.94. The third-order valence-electron chi connectivity index (χ3n) is 3.50. The van der Waals surface area contributed by atoms with E-state index in [9.17, 15) is 14.9 Å². The summed E-state index contributed by atoms with van der Waals surface area (Å²) in [6.07, 6.45) is 1.32. The first-order valence-corrected chi connectivity index (χ1v) is 7.73. The fourth-order valence-corrected chi connectivity index (χ4v) is 2.58. The molecule has 1 aliphatic heterocycles. The Hall–Kier alpha value is -2.42. The molecule has 0 bridgehead atoms. The zero-order valence-corrected chi connectivity index (χ0v) is 13.6. The average Bonchev–Trinajstić information content (AvgIpc) is 2.90. The number of amides is 1. The number of hydrogen-bond donors (Lipinski definition) is 0. The van der Waals surface area contributed by atoms with Gasteiger partial charge in [-0.15, -0.1) is 0 Å². The van der Waals surface area contributed by atoms with Crippen LogP contribution in [0, 0.1) is 10.1 Å². The van der Waals surface area contributed by atoms with Gasteiger partial charge in [-0.3, -0.25) is 9.36 Å². The molecule has 0 N–H and O–H groups in total. The van der Waals surface area contributed by atoms with E-state index < -0.39 is 4.92 Å². The summed E-state index contributed by atoms with van der Waals surface area (Å²) >= 11 is 3.34.